The number of halogens is 2. The van der Waals surface area contributed by atoms with Gasteiger partial charge in [0.15, 0.2) is 0 Å². The second-order valence-corrected chi connectivity index (χ2v) is 3.22. The summed E-state index contributed by atoms with van der Waals surface area (Å²) in [5.41, 5.74) is 0.768. The average Bonchev–Trinajstić information content (AvgIpc) is 2.13. The van der Waals surface area contributed by atoms with Gasteiger partial charge in [-0.15, -0.1) is 0 Å². The van der Waals surface area contributed by atoms with Gasteiger partial charge in [-0.1, -0.05) is 41.1 Å². The zero-order valence-corrected chi connectivity index (χ0v) is 8.71. The van der Waals surface area contributed by atoms with Crippen LogP contribution < -0.4 is 5.32 Å². The topological polar surface area (TPSA) is 12.0 Å². The molecule has 0 aliphatic carbocycles. The predicted octanol–water partition coefficient (Wildman–Crippen LogP) is 2.56. The van der Waals surface area contributed by atoms with Crippen LogP contribution in [0.2, 0.25) is 10.0 Å². The van der Waals surface area contributed by atoms with E-state index in [0.29, 0.717) is 16.6 Å². The maximum absolute atomic E-state index is 5.92. The minimum absolute atomic E-state index is 0.521. The lowest BCUT2D eigenvalue weighted by Gasteiger charge is -1.96. The monoisotopic (exact) mass is 213 g/mol. The Bertz CT molecular complexity index is 350. The van der Waals surface area contributed by atoms with E-state index in [-0.39, 0.29) is 0 Å². The maximum atomic E-state index is 5.92. The fourth-order valence-corrected chi connectivity index (χ4v) is 1.18. The summed E-state index contributed by atoms with van der Waals surface area (Å²) in [4.78, 5) is 0. The van der Waals surface area contributed by atoms with E-state index in [0.717, 1.165) is 5.56 Å². The van der Waals surface area contributed by atoms with Crippen LogP contribution in [0.1, 0.15) is 5.56 Å². The van der Waals surface area contributed by atoms with Crippen molar-refractivity contribution in [1.29, 1.82) is 0 Å². The highest BCUT2D eigenvalue weighted by Gasteiger charge is 1.99. The molecule has 1 nitrogen and oxygen atoms in total. The third-order valence-corrected chi connectivity index (χ3v) is 2.26. The van der Waals surface area contributed by atoms with Gasteiger partial charge in [0, 0.05) is 5.56 Å². The second-order valence-electron chi connectivity index (χ2n) is 2.43. The maximum Gasteiger partial charge on any atom is 0.0748 e. The van der Waals surface area contributed by atoms with E-state index in [2.05, 4.69) is 17.2 Å². The molecular weight excluding hydrogens is 205 g/mol. The van der Waals surface area contributed by atoms with Crippen LogP contribution in [0, 0.1) is 11.8 Å². The van der Waals surface area contributed by atoms with E-state index in [1.54, 1.807) is 6.07 Å². The molecule has 0 aliphatic rings. The summed E-state index contributed by atoms with van der Waals surface area (Å²) >= 11 is 11.7. The molecule has 0 heterocycles. The van der Waals surface area contributed by atoms with Crippen molar-refractivity contribution in [3.8, 4) is 11.8 Å². The Morgan fingerprint density at radius 1 is 1.38 bits per heavy atom. The molecule has 0 saturated heterocycles. The lowest BCUT2D eigenvalue weighted by atomic mass is 10.2. The van der Waals surface area contributed by atoms with Gasteiger partial charge < -0.3 is 5.32 Å². The first-order valence-corrected chi connectivity index (χ1v) is 4.59. The normalized spacial score (nSPS) is 9.15. The molecule has 0 amide bonds. The Morgan fingerprint density at radius 3 is 2.85 bits per heavy atom. The van der Waals surface area contributed by atoms with Crippen molar-refractivity contribution in [3.05, 3.63) is 33.8 Å². The fourth-order valence-electron chi connectivity index (χ4n) is 0.828. The number of benzene rings is 1. The Hall–Kier alpha value is -0.680. The first-order valence-electron chi connectivity index (χ1n) is 3.83. The van der Waals surface area contributed by atoms with Gasteiger partial charge in [0.2, 0.25) is 0 Å². The Morgan fingerprint density at radius 2 is 2.15 bits per heavy atom. The van der Waals surface area contributed by atoms with Gasteiger partial charge in [-0.25, -0.2) is 0 Å². The minimum atomic E-state index is 0.521. The third kappa shape index (κ3) is 2.93. The predicted molar refractivity (Wildman–Crippen MR) is 57.3 cm³/mol. The van der Waals surface area contributed by atoms with Crippen molar-refractivity contribution in [2.75, 3.05) is 13.6 Å². The summed E-state index contributed by atoms with van der Waals surface area (Å²) in [5, 5.41) is 3.98. The Kier molecular flexibility index (Phi) is 4.11. The van der Waals surface area contributed by atoms with Gasteiger partial charge in [0.05, 0.1) is 16.6 Å². The molecule has 1 aromatic rings. The average molecular weight is 214 g/mol. The molecular formula is C10H9Cl2N. The van der Waals surface area contributed by atoms with E-state index in [1.807, 2.05) is 19.2 Å². The molecule has 0 aromatic heterocycles. The first kappa shape index (κ1) is 10.4. The Balaban J connectivity index is 2.91. The van der Waals surface area contributed by atoms with Crippen LogP contribution in [0.25, 0.3) is 0 Å². The molecule has 1 rings (SSSR count). The highest BCUT2D eigenvalue weighted by molar-refractivity contribution is 6.42. The van der Waals surface area contributed by atoms with Crippen LogP contribution in [0.4, 0.5) is 0 Å². The van der Waals surface area contributed by atoms with Crippen LogP contribution in [0.5, 0.6) is 0 Å². The van der Waals surface area contributed by atoms with E-state index < -0.39 is 0 Å². The summed E-state index contributed by atoms with van der Waals surface area (Å²) in [5.74, 6) is 5.84. The molecule has 68 valence electrons. The smallest absolute Gasteiger partial charge is 0.0748 e. The van der Waals surface area contributed by atoms with E-state index in [1.165, 1.54) is 0 Å². The third-order valence-electron chi connectivity index (χ3n) is 1.44. The SMILES string of the molecule is CNCC#Cc1cccc(Cl)c1Cl. The fraction of sp³-hybridized carbons (Fsp3) is 0.200. The minimum Gasteiger partial charge on any atom is -0.309 e. The number of rotatable bonds is 1. The van der Waals surface area contributed by atoms with Crippen LogP contribution in [-0.4, -0.2) is 13.6 Å². The van der Waals surface area contributed by atoms with Gasteiger partial charge in [-0.2, -0.15) is 0 Å². The molecule has 0 unspecified atom stereocenters. The highest BCUT2D eigenvalue weighted by atomic mass is 35.5. The van der Waals surface area contributed by atoms with E-state index in [9.17, 15) is 0 Å². The number of nitrogens with one attached hydrogen (secondary N) is 1. The van der Waals surface area contributed by atoms with Gasteiger partial charge in [0.25, 0.3) is 0 Å². The molecule has 0 bridgehead atoms. The molecule has 1 N–H and O–H groups in total. The van der Waals surface area contributed by atoms with Gasteiger partial charge in [-0.05, 0) is 19.2 Å². The summed E-state index contributed by atoms with van der Waals surface area (Å²) < 4.78 is 0. The lowest BCUT2D eigenvalue weighted by molar-refractivity contribution is 0.938. The summed E-state index contributed by atoms with van der Waals surface area (Å²) in [6.07, 6.45) is 0. The van der Waals surface area contributed by atoms with E-state index >= 15 is 0 Å². The molecule has 1 aromatic carbocycles. The van der Waals surface area contributed by atoms with Crippen molar-refractivity contribution < 1.29 is 0 Å². The molecule has 0 saturated carbocycles. The quantitative estimate of drug-likeness (QED) is 0.708. The molecule has 0 radical (unpaired) electrons. The second kappa shape index (κ2) is 5.14. The molecule has 0 atom stereocenters. The lowest BCUT2D eigenvalue weighted by Crippen LogP contribution is -2.04. The first-order chi connectivity index (χ1) is 6.25. The van der Waals surface area contributed by atoms with Crippen molar-refractivity contribution in [2.45, 2.75) is 0 Å². The highest BCUT2D eigenvalue weighted by Crippen LogP contribution is 2.24. The van der Waals surface area contributed by atoms with Crippen molar-refractivity contribution in [1.82, 2.24) is 5.32 Å². The van der Waals surface area contributed by atoms with Gasteiger partial charge in [0.1, 0.15) is 0 Å². The standard InChI is InChI=1S/C10H9Cl2N/c1-13-7-3-5-8-4-2-6-9(11)10(8)12/h2,4,6,13H,7H2,1H3. The van der Waals surface area contributed by atoms with Crippen molar-refractivity contribution in [2.24, 2.45) is 0 Å². The van der Waals surface area contributed by atoms with Crippen molar-refractivity contribution >= 4 is 23.2 Å². The van der Waals surface area contributed by atoms with E-state index in [4.69, 9.17) is 23.2 Å². The van der Waals surface area contributed by atoms with Crippen LogP contribution in [-0.2, 0) is 0 Å². The zero-order valence-electron chi connectivity index (χ0n) is 7.20. The van der Waals surface area contributed by atoms with Gasteiger partial charge in [-0.3, -0.25) is 0 Å². The largest absolute Gasteiger partial charge is 0.309 e. The molecule has 0 aliphatic heterocycles. The number of hydrogen-bond acceptors (Lipinski definition) is 1. The summed E-state index contributed by atoms with van der Waals surface area (Å²) in [6, 6.07) is 5.42. The molecule has 0 spiro atoms. The van der Waals surface area contributed by atoms with Gasteiger partial charge >= 0.3 is 0 Å². The summed E-state index contributed by atoms with van der Waals surface area (Å²) in [6.45, 7) is 0.642. The Labute approximate surface area is 88.0 Å². The molecule has 0 fully saturated rings. The zero-order chi connectivity index (χ0) is 9.68. The molecule has 3 heteroatoms. The van der Waals surface area contributed by atoms with Crippen LogP contribution >= 0.6 is 23.2 Å². The van der Waals surface area contributed by atoms with Crippen LogP contribution in [0.3, 0.4) is 0 Å². The van der Waals surface area contributed by atoms with Crippen molar-refractivity contribution in [3.63, 3.8) is 0 Å². The van der Waals surface area contributed by atoms with Crippen LogP contribution in [0.15, 0.2) is 18.2 Å². The molecule has 13 heavy (non-hydrogen) atoms. The number of hydrogen-bond donors (Lipinski definition) is 1. The summed E-state index contributed by atoms with van der Waals surface area (Å²) in [7, 11) is 1.84.